The van der Waals surface area contributed by atoms with Gasteiger partial charge in [0, 0.05) is 0 Å². The summed E-state index contributed by atoms with van der Waals surface area (Å²) in [7, 11) is 0. The van der Waals surface area contributed by atoms with Crippen LogP contribution in [0.2, 0.25) is 0 Å². The van der Waals surface area contributed by atoms with Gasteiger partial charge in [-0.1, -0.05) is 0 Å². The van der Waals surface area contributed by atoms with Gasteiger partial charge in [-0.2, -0.15) is 5.10 Å². The van der Waals surface area contributed by atoms with Crippen LogP contribution in [-0.4, -0.2) is 12.2 Å². The van der Waals surface area contributed by atoms with Gasteiger partial charge in [-0.25, -0.2) is 0 Å². The molecule has 0 aliphatic carbocycles. The Hall–Kier alpha value is -0.0600. The third-order valence-corrected chi connectivity index (χ3v) is 0.180. The van der Waals surface area contributed by atoms with E-state index in [4.69, 9.17) is 0 Å². The normalized spacial score (nSPS) is 8.00. The molecule has 0 amide bonds. The average molecular weight is 110 g/mol. The van der Waals surface area contributed by atoms with E-state index >= 15 is 0 Å². The van der Waals surface area contributed by atoms with Crippen molar-refractivity contribution in [2.75, 3.05) is 0 Å². The molecule has 34 valence electrons. The van der Waals surface area contributed by atoms with Crippen molar-refractivity contribution < 1.29 is 39.5 Å². The Kier molecular flexibility index (Phi) is 8.51. The third kappa shape index (κ3) is 10.7. The van der Waals surface area contributed by atoms with E-state index in [9.17, 15) is 9.90 Å². The standard InChI is InChI=1S/C2H4N2O2.Na/c3-4-1-2(5)6;/h1H,3H2,(H,5,6);/q;+1/p-1. The number of carboxylic acids is 1. The molecule has 0 aliphatic heterocycles. The second kappa shape index (κ2) is 5.94. The van der Waals surface area contributed by atoms with Crippen LogP contribution >= 0.6 is 0 Å². The molecule has 0 rings (SSSR count). The zero-order valence-electron chi connectivity index (χ0n) is 3.92. The van der Waals surface area contributed by atoms with E-state index < -0.39 is 5.97 Å². The van der Waals surface area contributed by atoms with E-state index in [-0.39, 0.29) is 29.6 Å². The maximum Gasteiger partial charge on any atom is 1.00 e. The molecule has 5 heteroatoms. The minimum atomic E-state index is -1.38. The molecule has 0 bridgehead atoms. The fourth-order valence-corrected chi connectivity index (χ4v) is 0.0609. The SMILES string of the molecule is NN=CC(=O)[O-].[Na+]. The van der Waals surface area contributed by atoms with Gasteiger partial charge in [-0.15, -0.1) is 0 Å². The smallest absolute Gasteiger partial charge is 0.544 e. The van der Waals surface area contributed by atoms with Crippen molar-refractivity contribution in [3.05, 3.63) is 0 Å². The van der Waals surface area contributed by atoms with Gasteiger partial charge < -0.3 is 15.7 Å². The fraction of sp³-hybridized carbons (Fsp3) is 0. The fourth-order valence-electron chi connectivity index (χ4n) is 0.0609. The van der Waals surface area contributed by atoms with E-state index in [0.29, 0.717) is 6.21 Å². The molecule has 0 radical (unpaired) electrons. The van der Waals surface area contributed by atoms with Gasteiger partial charge in [0.25, 0.3) is 0 Å². The predicted molar refractivity (Wildman–Crippen MR) is 17.7 cm³/mol. The molecule has 2 N–H and O–H groups in total. The summed E-state index contributed by atoms with van der Waals surface area (Å²) in [6.45, 7) is 0. The van der Waals surface area contributed by atoms with Crippen LogP contribution in [0.4, 0.5) is 0 Å². The molecular weight excluding hydrogens is 107 g/mol. The van der Waals surface area contributed by atoms with Crippen LogP contribution in [0.3, 0.4) is 0 Å². The topological polar surface area (TPSA) is 78.5 Å². The Bertz CT molecular complexity index is 81.8. The molecule has 0 atom stereocenters. The molecule has 0 unspecified atom stereocenters. The molecule has 0 saturated heterocycles. The van der Waals surface area contributed by atoms with Crippen LogP contribution in [0.1, 0.15) is 0 Å². The van der Waals surface area contributed by atoms with Gasteiger partial charge in [0.15, 0.2) is 0 Å². The number of nitrogens with zero attached hydrogens (tertiary/aromatic N) is 1. The molecule has 0 saturated carbocycles. The quantitative estimate of drug-likeness (QED) is 0.158. The number of carboxylic acid groups (broad SMARTS) is 1. The predicted octanol–water partition coefficient (Wildman–Crippen LogP) is -5.32. The monoisotopic (exact) mass is 110 g/mol. The molecule has 0 aromatic heterocycles. The van der Waals surface area contributed by atoms with Gasteiger partial charge >= 0.3 is 29.6 Å². The summed E-state index contributed by atoms with van der Waals surface area (Å²) in [5, 5.41) is 11.9. The molecule has 0 aromatic carbocycles. The summed E-state index contributed by atoms with van der Waals surface area (Å²) in [6.07, 6.45) is 0.500. The minimum absolute atomic E-state index is 0. The molecule has 0 fully saturated rings. The van der Waals surface area contributed by atoms with Crippen LogP contribution in [0.15, 0.2) is 5.10 Å². The van der Waals surface area contributed by atoms with E-state index in [1.165, 1.54) is 0 Å². The number of carbonyl (C=O) groups is 1. The van der Waals surface area contributed by atoms with Crippen molar-refractivity contribution in [1.82, 2.24) is 0 Å². The molecule has 0 heterocycles. The van der Waals surface area contributed by atoms with Crippen molar-refractivity contribution >= 4 is 12.2 Å². The first-order valence-corrected chi connectivity index (χ1v) is 1.21. The molecule has 0 aliphatic rings. The zero-order chi connectivity index (χ0) is 4.99. The minimum Gasteiger partial charge on any atom is -0.544 e. The Labute approximate surface area is 62.7 Å². The largest absolute Gasteiger partial charge is 1.00 e. The number of hydrazone groups is 1. The van der Waals surface area contributed by atoms with E-state index in [0.717, 1.165) is 0 Å². The van der Waals surface area contributed by atoms with Crippen LogP contribution in [0.25, 0.3) is 0 Å². The first-order valence-electron chi connectivity index (χ1n) is 1.21. The second-order valence-electron chi connectivity index (χ2n) is 0.597. The zero-order valence-corrected chi connectivity index (χ0v) is 5.92. The summed E-state index contributed by atoms with van der Waals surface area (Å²) in [5.41, 5.74) is 0. The van der Waals surface area contributed by atoms with Crippen LogP contribution in [0, 0.1) is 0 Å². The molecule has 4 nitrogen and oxygen atoms in total. The summed E-state index contributed by atoms with van der Waals surface area (Å²) in [4.78, 5) is 9.26. The number of carbonyl (C=O) groups excluding carboxylic acids is 1. The maximum atomic E-state index is 9.26. The van der Waals surface area contributed by atoms with Gasteiger partial charge in [0.05, 0.1) is 12.2 Å². The van der Waals surface area contributed by atoms with Crippen molar-refractivity contribution in [2.24, 2.45) is 10.9 Å². The molecular formula is C2H3N2NaO2. The molecule has 0 aromatic rings. The van der Waals surface area contributed by atoms with Crippen LogP contribution in [0.5, 0.6) is 0 Å². The summed E-state index contributed by atoms with van der Waals surface area (Å²) >= 11 is 0. The Balaban J connectivity index is 0. The Morgan fingerprint density at radius 2 is 2.29 bits per heavy atom. The van der Waals surface area contributed by atoms with Gasteiger partial charge in [-0.05, 0) is 0 Å². The van der Waals surface area contributed by atoms with Gasteiger partial charge in [-0.3, -0.25) is 0 Å². The van der Waals surface area contributed by atoms with Gasteiger partial charge in [0.2, 0.25) is 0 Å². The maximum absolute atomic E-state index is 9.26. The second-order valence-corrected chi connectivity index (χ2v) is 0.597. The van der Waals surface area contributed by atoms with E-state index in [1.807, 2.05) is 0 Å². The van der Waals surface area contributed by atoms with Crippen LogP contribution < -0.4 is 40.5 Å². The average Bonchev–Trinajstić information content (AvgIpc) is 1.35. The van der Waals surface area contributed by atoms with Crippen molar-refractivity contribution in [3.8, 4) is 0 Å². The summed E-state index contributed by atoms with van der Waals surface area (Å²) in [6, 6.07) is 0. The third-order valence-electron chi connectivity index (χ3n) is 0.180. The molecule has 0 spiro atoms. The van der Waals surface area contributed by atoms with E-state index in [1.54, 1.807) is 0 Å². The number of hydrogen-bond donors (Lipinski definition) is 1. The van der Waals surface area contributed by atoms with E-state index in [2.05, 4.69) is 10.9 Å². The number of aliphatic carboxylic acids is 1. The number of hydrogen-bond acceptors (Lipinski definition) is 4. The Morgan fingerprint density at radius 1 is 1.86 bits per heavy atom. The molecule has 7 heavy (non-hydrogen) atoms. The number of rotatable bonds is 1. The summed E-state index contributed by atoms with van der Waals surface area (Å²) in [5.74, 6) is 3.00. The van der Waals surface area contributed by atoms with Crippen molar-refractivity contribution in [1.29, 1.82) is 0 Å². The number of nitrogens with two attached hydrogens (primary N) is 1. The van der Waals surface area contributed by atoms with Crippen molar-refractivity contribution in [2.45, 2.75) is 0 Å². The van der Waals surface area contributed by atoms with Gasteiger partial charge in [0.1, 0.15) is 0 Å². The first kappa shape index (κ1) is 10.0. The first-order chi connectivity index (χ1) is 2.77. The summed E-state index contributed by atoms with van der Waals surface area (Å²) < 4.78 is 0. The Morgan fingerprint density at radius 3 is 2.29 bits per heavy atom. The van der Waals surface area contributed by atoms with Crippen molar-refractivity contribution in [3.63, 3.8) is 0 Å². The van der Waals surface area contributed by atoms with Crippen LogP contribution in [-0.2, 0) is 4.79 Å².